The molecule has 1 amide bonds. The number of carbonyl (C=O) groups excluding carboxylic acids is 1. The summed E-state index contributed by atoms with van der Waals surface area (Å²) in [6.45, 7) is 1.87. The Labute approximate surface area is 151 Å². The molecule has 1 aromatic carbocycles. The highest BCUT2D eigenvalue weighted by Gasteiger charge is 2.45. The van der Waals surface area contributed by atoms with Gasteiger partial charge in [-0.25, -0.2) is 0 Å². The summed E-state index contributed by atoms with van der Waals surface area (Å²) in [4.78, 5) is 12.9. The fourth-order valence-corrected chi connectivity index (χ4v) is 4.01. The highest BCUT2D eigenvalue weighted by Crippen LogP contribution is 2.48. The SMILES string of the molecule is Cc1nnc2ccc(C(=O)N[C@@H]3CC4(CCC4)Oc4ccccc43)cn12. The summed E-state index contributed by atoms with van der Waals surface area (Å²) in [5.74, 6) is 1.57. The van der Waals surface area contributed by atoms with Crippen molar-refractivity contribution < 1.29 is 9.53 Å². The number of nitrogens with one attached hydrogen (secondary N) is 1. The van der Waals surface area contributed by atoms with Crippen LogP contribution >= 0.6 is 0 Å². The fraction of sp³-hybridized carbons (Fsp3) is 0.350. The highest BCUT2D eigenvalue weighted by atomic mass is 16.5. The molecule has 1 fully saturated rings. The van der Waals surface area contributed by atoms with Crippen LogP contribution in [0.3, 0.4) is 0 Å². The Hall–Kier alpha value is -2.89. The third-order valence-electron chi connectivity index (χ3n) is 5.60. The first kappa shape index (κ1) is 15.4. The van der Waals surface area contributed by atoms with Crippen molar-refractivity contribution in [2.75, 3.05) is 0 Å². The van der Waals surface area contributed by atoms with Gasteiger partial charge in [0.25, 0.3) is 5.91 Å². The predicted octanol–water partition coefficient (Wildman–Crippen LogP) is 3.21. The number of ether oxygens (including phenoxy) is 1. The number of nitrogens with zero attached hydrogens (tertiary/aromatic N) is 3. The van der Waals surface area contributed by atoms with Gasteiger partial charge in [0.05, 0.1) is 11.6 Å². The molecule has 1 atom stereocenters. The molecule has 1 aliphatic heterocycles. The van der Waals surface area contributed by atoms with Crippen molar-refractivity contribution in [1.29, 1.82) is 0 Å². The van der Waals surface area contributed by atoms with E-state index in [0.717, 1.165) is 42.0 Å². The number of carbonyl (C=O) groups is 1. The molecular formula is C20H20N4O2. The zero-order valence-corrected chi connectivity index (χ0v) is 14.6. The van der Waals surface area contributed by atoms with Gasteiger partial charge in [-0.1, -0.05) is 18.2 Å². The number of rotatable bonds is 2. The van der Waals surface area contributed by atoms with Crippen molar-refractivity contribution in [2.45, 2.75) is 44.2 Å². The van der Waals surface area contributed by atoms with Crippen molar-refractivity contribution >= 4 is 11.6 Å². The number of pyridine rings is 1. The maximum atomic E-state index is 12.9. The smallest absolute Gasteiger partial charge is 0.253 e. The van der Waals surface area contributed by atoms with Crippen LogP contribution in [0, 0.1) is 6.92 Å². The normalized spacial score (nSPS) is 20.3. The second-order valence-corrected chi connectivity index (χ2v) is 7.30. The molecule has 0 saturated heterocycles. The predicted molar refractivity (Wildman–Crippen MR) is 96.2 cm³/mol. The summed E-state index contributed by atoms with van der Waals surface area (Å²) in [5.41, 5.74) is 2.29. The molecule has 1 N–H and O–H groups in total. The number of hydrogen-bond donors (Lipinski definition) is 1. The summed E-state index contributed by atoms with van der Waals surface area (Å²) in [6, 6.07) is 11.6. The summed E-state index contributed by atoms with van der Waals surface area (Å²) in [7, 11) is 0. The van der Waals surface area contributed by atoms with Crippen LogP contribution in [-0.2, 0) is 0 Å². The Bertz CT molecular complexity index is 1010. The van der Waals surface area contributed by atoms with E-state index in [-0.39, 0.29) is 17.6 Å². The molecule has 0 unspecified atom stereocenters. The standard InChI is InChI=1S/C20H20N4O2/c1-13-22-23-18-8-7-14(12-24(13)18)19(25)21-16-11-20(9-4-10-20)26-17-6-3-2-5-15(16)17/h2-3,5-8,12,16H,4,9-11H2,1H3,(H,21,25)/t16-/m1/s1. The molecule has 0 bridgehead atoms. The van der Waals surface area contributed by atoms with Crippen molar-refractivity contribution in [3.8, 4) is 5.75 Å². The van der Waals surface area contributed by atoms with Gasteiger partial charge in [0, 0.05) is 18.2 Å². The Morgan fingerprint density at radius 2 is 2.08 bits per heavy atom. The molecule has 26 heavy (non-hydrogen) atoms. The number of para-hydroxylation sites is 1. The average Bonchev–Trinajstić information content (AvgIpc) is 3.01. The molecule has 132 valence electrons. The average molecular weight is 348 g/mol. The van der Waals surface area contributed by atoms with Gasteiger partial charge in [0.2, 0.25) is 0 Å². The number of benzene rings is 1. The lowest BCUT2D eigenvalue weighted by molar-refractivity contribution is -0.0360. The van der Waals surface area contributed by atoms with E-state index in [1.807, 2.05) is 41.7 Å². The fourth-order valence-electron chi connectivity index (χ4n) is 4.01. The van der Waals surface area contributed by atoms with E-state index in [2.05, 4.69) is 15.5 Å². The van der Waals surface area contributed by atoms with E-state index in [1.165, 1.54) is 6.42 Å². The Kier molecular flexibility index (Phi) is 3.29. The van der Waals surface area contributed by atoms with Crippen molar-refractivity contribution in [3.05, 3.63) is 59.5 Å². The van der Waals surface area contributed by atoms with Gasteiger partial charge in [-0.3, -0.25) is 9.20 Å². The van der Waals surface area contributed by atoms with E-state index in [0.29, 0.717) is 5.56 Å². The second kappa shape index (κ2) is 5.56. The first-order valence-corrected chi connectivity index (χ1v) is 9.04. The Morgan fingerprint density at radius 1 is 1.23 bits per heavy atom. The highest BCUT2D eigenvalue weighted by molar-refractivity contribution is 5.94. The summed E-state index contributed by atoms with van der Waals surface area (Å²) < 4.78 is 8.10. The molecule has 1 spiro atoms. The first-order chi connectivity index (χ1) is 12.6. The van der Waals surface area contributed by atoms with E-state index < -0.39 is 0 Å². The van der Waals surface area contributed by atoms with Crippen LogP contribution in [0.4, 0.5) is 0 Å². The van der Waals surface area contributed by atoms with Gasteiger partial charge >= 0.3 is 0 Å². The molecule has 6 nitrogen and oxygen atoms in total. The molecule has 0 radical (unpaired) electrons. The minimum Gasteiger partial charge on any atom is -0.487 e. The third kappa shape index (κ3) is 2.36. The molecule has 1 aliphatic carbocycles. The van der Waals surface area contributed by atoms with Crippen LogP contribution in [0.15, 0.2) is 42.6 Å². The zero-order valence-electron chi connectivity index (χ0n) is 14.6. The molecule has 2 aliphatic rings. The first-order valence-electron chi connectivity index (χ1n) is 9.04. The minimum absolute atomic E-state index is 0.0366. The lowest BCUT2D eigenvalue weighted by Crippen LogP contribution is -2.49. The molecule has 1 saturated carbocycles. The van der Waals surface area contributed by atoms with Gasteiger partial charge in [-0.05, 0) is 44.4 Å². The van der Waals surface area contributed by atoms with Crippen LogP contribution in [0.1, 0.15) is 53.5 Å². The maximum Gasteiger partial charge on any atom is 0.253 e. The van der Waals surface area contributed by atoms with Crippen molar-refractivity contribution in [2.24, 2.45) is 0 Å². The number of amides is 1. The topological polar surface area (TPSA) is 68.5 Å². The minimum atomic E-state index is -0.110. The van der Waals surface area contributed by atoms with E-state index in [9.17, 15) is 4.79 Å². The van der Waals surface area contributed by atoms with Gasteiger partial charge in [0.15, 0.2) is 5.65 Å². The largest absolute Gasteiger partial charge is 0.487 e. The van der Waals surface area contributed by atoms with E-state index >= 15 is 0 Å². The van der Waals surface area contributed by atoms with Gasteiger partial charge in [-0.2, -0.15) is 0 Å². The molecule has 3 aromatic rings. The molecule has 6 heteroatoms. The second-order valence-electron chi connectivity index (χ2n) is 7.30. The van der Waals surface area contributed by atoms with E-state index in [1.54, 1.807) is 12.3 Å². The lowest BCUT2D eigenvalue weighted by Gasteiger charge is -2.48. The number of hydrogen-bond acceptors (Lipinski definition) is 4. The Morgan fingerprint density at radius 3 is 2.88 bits per heavy atom. The van der Waals surface area contributed by atoms with Crippen molar-refractivity contribution in [3.63, 3.8) is 0 Å². The van der Waals surface area contributed by atoms with Crippen LogP contribution in [0.25, 0.3) is 5.65 Å². The van der Waals surface area contributed by atoms with Crippen LogP contribution in [0.2, 0.25) is 0 Å². The number of aromatic nitrogens is 3. The third-order valence-corrected chi connectivity index (χ3v) is 5.60. The number of fused-ring (bicyclic) bond motifs is 2. The molecule has 5 rings (SSSR count). The number of aryl methyl sites for hydroxylation is 1. The zero-order chi connectivity index (χ0) is 17.7. The molecular weight excluding hydrogens is 328 g/mol. The van der Waals surface area contributed by atoms with Crippen LogP contribution < -0.4 is 10.1 Å². The van der Waals surface area contributed by atoms with Crippen molar-refractivity contribution in [1.82, 2.24) is 19.9 Å². The molecule has 2 aromatic heterocycles. The Balaban J connectivity index is 1.45. The van der Waals surface area contributed by atoms with Crippen LogP contribution in [-0.4, -0.2) is 26.1 Å². The van der Waals surface area contributed by atoms with E-state index in [4.69, 9.17) is 4.74 Å². The lowest BCUT2D eigenvalue weighted by atomic mass is 9.73. The summed E-state index contributed by atoms with van der Waals surface area (Å²) >= 11 is 0. The van der Waals surface area contributed by atoms with Gasteiger partial charge in [-0.15, -0.1) is 10.2 Å². The quantitative estimate of drug-likeness (QED) is 0.772. The molecule has 3 heterocycles. The summed E-state index contributed by atoms with van der Waals surface area (Å²) in [5, 5.41) is 11.3. The summed E-state index contributed by atoms with van der Waals surface area (Å²) in [6.07, 6.45) is 5.92. The van der Waals surface area contributed by atoms with Gasteiger partial charge < -0.3 is 10.1 Å². The maximum absolute atomic E-state index is 12.9. The van der Waals surface area contributed by atoms with Crippen LogP contribution in [0.5, 0.6) is 5.75 Å². The van der Waals surface area contributed by atoms with Gasteiger partial charge in [0.1, 0.15) is 17.2 Å². The monoisotopic (exact) mass is 348 g/mol.